The van der Waals surface area contributed by atoms with E-state index in [0.717, 1.165) is 69.5 Å². The molecule has 1 aromatic rings. The Bertz CT molecular complexity index is 682. The molecule has 1 saturated heterocycles. The first-order chi connectivity index (χ1) is 13.5. The highest BCUT2D eigenvalue weighted by Crippen LogP contribution is 2.36. The zero-order chi connectivity index (χ0) is 19.7. The highest BCUT2D eigenvalue weighted by molar-refractivity contribution is 5.81. The molecule has 4 rings (SSSR count). The third kappa shape index (κ3) is 4.54. The zero-order valence-corrected chi connectivity index (χ0v) is 16.3. The molecule has 4 nitrogen and oxygen atoms in total. The van der Waals surface area contributed by atoms with E-state index >= 15 is 0 Å². The number of hydrogen-bond acceptors (Lipinski definition) is 3. The number of benzene rings is 1. The molecule has 0 aromatic heterocycles. The number of likely N-dealkylation sites (tertiary alicyclic amines) is 1. The van der Waals surface area contributed by atoms with Crippen molar-refractivity contribution in [3.8, 4) is 0 Å². The molecule has 1 aromatic carbocycles. The Balaban J connectivity index is 1.30. The number of carbonyl (C=O) groups is 1. The lowest BCUT2D eigenvalue weighted by Gasteiger charge is -2.41. The number of piperidine rings is 1. The first-order valence-corrected chi connectivity index (χ1v) is 10.6. The van der Waals surface area contributed by atoms with Crippen LogP contribution in [-0.4, -0.2) is 42.1 Å². The standard InChI is InChI=1S/C22H30F2N2O2/c23-17-10-16(11-18(24)12-17)14-5-7-19(8-6-14)28-13-21-20(25)2-1-9-26(21)22(27)15-3-4-15/h10-12,14-15,19-21H,1-9,13,25H2/t14?,19?,20?,21-/m0/s1. The molecule has 1 heterocycles. The Morgan fingerprint density at radius 3 is 2.36 bits per heavy atom. The fraction of sp³-hybridized carbons (Fsp3) is 0.682. The Labute approximate surface area is 165 Å². The molecule has 3 fully saturated rings. The molecule has 0 radical (unpaired) electrons. The summed E-state index contributed by atoms with van der Waals surface area (Å²) in [7, 11) is 0. The van der Waals surface area contributed by atoms with Crippen LogP contribution >= 0.6 is 0 Å². The van der Waals surface area contributed by atoms with Crippen LogP contribution in [0.4, 0.5) is 8.78 Å². The highest BCUT2D eigenvalue weighted by atomic mass is 19.1. The molecule has 28 heavy (non-hydrogen) atoms. The molecule has 2 saturated carbocycles. The van der Waals surface area contributed by atoms with E-state index in [-0.39, 0.29) is 35.9 Å². The van der Waals surface area contributed by atoms with Crippen molar-refractivity contribution in [1.82, 2.24) is 4.90 Å². The number of hydrogen-bond donors (Lipinski definition) is 1. The molecule has 1 unspecified atom stereocenters. The van der Waals surface area contributed by atoms with Crippen LogP contribution in [-0.2, 0) is 9.53 Å². The maximum absolute atomic E-state index is 13.5. The van der Waals surface area contributed by atoms with Gasteiger partial charge in [0.25, 0.3) is 0 Å². The monoisotopic (exact) mass is 392 g/mol. The van der Waals surface area contributed by atoms with Crippen molar-refractivity contribution in [2.45, 2.75) is 75.5 Å². The first kappa shape index (κ1) is 19.8. The highest BCUT2D eigenvalue weighted by Gasteiger charge is 2.40. The van der Waals surface area contributed by atoms with Crippen molar-refractivity contribution in [2.24, 2.45) is 11.7 Å². The van der Waals surface area contributed by atoms with Crippen LogP contribution in [0.15, 0.2) is 18.2 Å². The van der Waals surface area contributed by atoms with Gasteiger partial charge in [-0.1, -0.05) is 0 Å². The predicted octanol–water partition coefficient (Wildman–Crippen LogP) is 3.74. The summed E-state index contributed by atoms with van der Waals surface area (Å²) in [4.78, 5) is 14.5. The molecule has 3 aliphatic rings. The Morgan fingerprint density at radius 2 is 1.71 bits per heavy atom. The van der Waals surface area contributed by atoms with Crippen molar-refractivity contribution in [2.75, 3.05) is 13.2 Å². The summed E-state index contributed by atoms with van der Waals surface area (Å²) in [5.74, 6) is -0.398. The summed E-state index contributed by atoms with van der Waals surface area (Å²) in [5.41, 5.74) is 7.07. The summed E-state index contributed by atoms with van der Waals surface area (Å²) in [6, 6.07) is 3.75. The lowest BCUT2D eigenvalue weighted by molar-refractivity contribution is -0.139. The zero-order valence-electron chi connectivity index (χ0n) is 16.3. The molecule has 2 atom stereocenters. The molecule has 6 heteroatoms. The first-order valence-electron chi connectivity index (χ1n) is 10.6. The summed E-state index contributed by atoms with van der Waals surface area (Å²) >= 11 is 0. The number of nitrogens with zero attached hydrogens (tertiary/aromatic N) is 1. The van der Waals surface area contributed by atoms with Crippen LogP contribution in [0.1, 0.15) is 62.8 Å². The van der Waals surface area contributed by atoms with Gasteiger partial charge in [-0.3, -0.25) is 4.79 Å². The topological polar surface area (TPSA) is 55.6 Å². The molecule has 1 aliphatic heterocycles. The minimum atomic E-state index is -0.514. The molecular formula is C22H30F2N2O2. The van der Waals surface area contributed by atoms with E-state index < -0.39 is 11.6 Å². The predicted molar refractivity (Wildman–Crippen MR) is 103 cm³/mol. The molecule has 0 bridgehead atoms. The third-order valence-electron chi connectivity index (χ3n) is 6.57. The maximum atomic E-state index is 13.5. The van der Waals surface area contributed by atoms with Crippen molar-refractivity contribution in [1.29, 1.82) is 0 Å². The normalized spacial score (nSPS) is 31.0. The van der Waals surface area contributed by atoms with E-state index in [9.17, 15) is 13.6 Å². The van der Waals surface area contributed by atoms with Crippen molar-refractivity contribution in [3.05, 3.63) is 35.4 Å². The number of rotatable bonds is 5. The van der Waals surface area contributed by atoms with E-state index in [4.69, 9.17) is 10.5 Å². The molecule has 2 aliphatic carbocycles. The van der Waals surface area contributed by atoms with Crippen LogP contribution in [0.2, 0.25) is 0 Å². The van der Waals surface area contributed by atoms with E-state index in [1.54, 1.807) is 0 Å². The van der Waals surface area contributed by atoms with Crippen molar-refractivity contribution in [3.63, 3.8) is 0 Å². The van der Waals surface area contributed by atoms with E-state index in [2.05, 4.69) is 0 Å². The van der Waals surface area contributed by atoms with Crippen LogP contribution in [0.3, 0.4) is 0 Å². The van der Waals surface area contributed by atoms with Gasteiger partial charge >= 0.3 is 0 Å². The average molecular weight is 392 g/mol. The van der Waals surface area contributed by atoms with Gasteiger partial charge in [-0.15, -0.1) is 0 Å². The Morgan fingerprint density at radius 1 is 1.04 bits per heavy atom. The summed E-state index contributed by atoms with van der Waals surface area (Å²) in [6.45, 7) is 1.28. The van der Waals surface area contributed by atoms with Crippen LogP contribution < -0.4 is 5.73 Å². The van der Waals surface area contributed by atoms with Gasteiger partial charge in [0.1, 0.15) is 11.6 Å². The number of ether oxygens (including phenoxy) is 1. The Kier molecular flexibility index (Phi) is 5.97. The van der Waals surface area contributed by atoms with Gasteiger partial charge in [-0.2, -0.15) is 0 Å². The maximum Gasteiger partial charge on any atom is 0.226 e. The smallest absolute Gasteiger partial charge is 0.226 e. The van der Waals surface area contributed by atoms with Crippen LogP contribution in [0, 0.1) is 17.6 Å². The second-order valence-electron chi connectivity index (χ2n) is 8.69. The SMILES string of the molecule is NC1CCCN(C(=O)C2CC2)[C@H]1COC1CCC(c2cc(F)cc(F)c2)CC1. The van der Waals surface area contributed by atoms with E-state index in [1.807, 2.05) is 4.90 Å². The minimum Gasteiger partial charge on any atom is -0.376 e. The lowest BCUT2D eigenvalue weighted by atomic mass is 9.82. The van der Waals surface area contributed by atoms with Gasteiger partial charge in [-0.05, 0) is 75.0 Å². The van der Waals surface area contributed by atoms with Gasteiger partial charge in [0.2, 0.25) is 5.91 Å². The van der Waals surface area contributed by atoms with Crippen LogP contribution in [0.25, 0.3) is 0 Å². The van der Waals surface area contributed by atoms with Crippen LogP contribution in [0.5, 0.6) is 0 Å². The molecule has 154 valence electrons. The fourth-order valence-electron chi connectivity index (χ4n) is 4.75. The van der Waals surface area contributed by atoms with Gasteiger partial charge in [-0.25, -0.2) is 8.78 Å². The second kappa shape index (κ2) is 8.46. The second-order valence-corrected chi connectivity index (χ2v) is 8.69. The average Bonchev–Trinajstić information content (AvgIpc) is 3.51. The lowest BCUT2D eigenvalue weighted by Crippen LogP contribution is -2.57. The van der Waals surface area contributed by atoms with Gasteiger partial charge in [0.15, 0.2) is 0 Å². The van der Waals surface area contributed by atoms with Crippen molar-refractivity contribution < 1.29 is 18.3 Å². The fourth-order valence-corrected chi connectivity index (χ4v) is 4.75. The van der Waals surface area contributed by atoms with E-state index in [1.165, 1.54) is 12.1 Å². The molecule has 2 N–H and O–H groups in total. The third-order valence-corrected chi connectivity index (χ3v) is 6.57. The quantitative estimate of drug-likeness (QED) is 0.831. The minimum absolute atomic E-state index is 0.0249. The van der Waals surface area contributed by atoms with Gasteiger partial charge in [0.05, 0.1) is 18.8 Å². The number of carbonyl (C=O) groups excluding carboxylic acids is 1. The summed E-state index contributed by atoms with van der Waals surface area (Å²) in [5, 5.41) is 0. The molecule has 1 amide bonds. The number of nitrogens with two attached hydrogens (primary N) is 1. The number of amides is 1. The molecular weight excluding hydrogens is 362 g/mol. The van der Waals surface area contributed by atoms with Crippen molar-refractivity contribution >= 4 is 5.91 Å². The van der Waals surface area contributed by atoms with Gasteiger partial charge in [0, 0.05) is 24.6 Å². The Hall–Kier alpha value is -1.53. The largest absolute Gasteiger partial charge is 0.376 e. The number of halogens is 2. The molecule has 0 spiro atoms. The summed E-state index contributed by atoms with van der Waals surface area (Å²) < 4.78 is 33.1. The summed E-state index contributed by atoms with van der Waals surface area (Å²) in [6.07, 6.45) is 7.46. The van der Waals surface area contributed by atoms with E-state index in [0.29, 0.717) is 6.61 Å². The van der Waals surface area contributed by atoms with Gasteiger partial charge < -0.3 is 15.4 Å².